The fourth-order valence-electron chi connectivity index (χ4n) is 2.79. The fraction of sp³-hybridized carbons (Fsp3) is 0.588. The molecule has 0 saturated heterocycles. The Hall–Kier alpha value is -1.55. The first kappa shape index (κ1) is 15.8. The van der Waals surface area contributed by atoms with Gasteiger partial charge in [-0.05, 0) is 43.2 Å². The van der Waals surface area contributed by atoms with E-state index in [0.29, 0.717) is 31.0 Å². The fourth-order valence-corrected chi connectivity index (χ4v) is 2.79. The minimum absolute atomic E-state index is 0.192. The first-order valence-electron chi connectivity index (χ1n) is 7.64. The van der Waals surface area contributed by atoms with Crippen molar-refractivity contribution in [1.29, 1.82) is 0 Å². The second kappa shape index (κ2) is 7.46. The Kier molecular flexibility index (Phi) is 5.62. The Labute approximate surface area is 126 Å². The number of benzene rings is 1. The third kappa shape index (κ3) is 4.46. The molecule has 21 heavy (non-hydrogen) atoms. The topological polar surface area (TPSA) is 55.8 Å². The van der Waals surface area contributed by atoms with Gasteiger partial charge in [0.25, 0.3) is 0 Å². The number of hydrogen-bond donors (Lipinski definition) is 1. The van der Waals surface area contributed by atoms with Gasteiger partial charge in [-0.2, -0.15) is 0 Å². The van der Waals surface area contributed by atoms with Crippen molar-refractivity contribution in [1.82, 2.24) is 0 Å². The number of aromatic carboxylic acids is 1. The highest BCUT2D eigenvalue weighted by Crippen LogP contribution is 2.30. The van der Waals surface area contributed by atoms with Gasteiger partial charge in [0, 0.05) is 0 Å². The first-order chi connectivity index (χ1) is 10.1. The van der Waals surface area contributed by atoms with Crippen LogP contribution in [0.2, 0.25) is 0 Å². The zero-order chi connectivity index (χ0) is 15.2. The molecule has 0 radical (unpaired) electrons. The van der Waals surface area contributed by atoms with Crippen molar-refractivity contribution in [3.05, 3.63) is 29.8 Å². The Morgan fingerprint density at radius 3 is 2.67 bits per heavy atom. The van der Waals surface area contributed by atoms with Gasteiger partial charge in [0.15, 0.2) is 0 Å². The summed E-state index contributed by atoms with van der Waals surface area (Å²) >= 11 is 0. The molecule has 0 aliphatic heterocycles. The Morgan fingerprint density at radius 1 is 1.19 bits per heavy atom. The largest absolute Gasteiger partial charge is 0.490 e. The zero-order valence-electron chi connectivity index (χ0n) is 12.7. The van der Waals surface area contributed by atoms with Crippen molar-refractivity contribution in [2.45, 2.75) is 39.2 Å². The van der Waals surface area contributed by atoms with Crippen LogP contribution in [0.25, 0.3) is 0 Å². The number of para-hydroxylation sites is 1. The van der Waals surface area contributed by atoms with Crippen molar-refractivity contribution in [3.63, 3.8) is 0 Å². The van der Waals surface area contributed by atoms with Gasteiger partial charge in [0.1, 0.15) is 17.9 Å². The Balaban J connectivity index is 1.74. The van der Waals surface area contributed by atoms with Gasteiger partial charge in [-0.3, -0.25) is 0 Å². The molecule has 0 heterocycles. The average Bonchev–Trinajstić information content (AvgIpc) is 2.47. The summed E-state index contributed by atoms with van der Waals surface area (Å²) < 4.78 is 11.4. The normalized spacial score (nSPS) is 25.5. The number of carboxylic acids is 1. The third-order valence-electron chi connectivity index (χ3n) is 4.36. The SMILES string of the molecule is CC1CCC(OCCOc2ccccc2C(=O)O)CC1C. The summed E-state index contributed by atoms with van der Waals surface area (Å²) in [5, 5.41) is 9.07. The highest BCUT2D eigenvalue weighted by molar-refractivity contribution is 5.90. The van der Waals surface area contributed by atoms with Crippen molar-refractivity contribution in [3.8, 4) is 5.75 Å². The van der Waals surface area contributed by atoms with E-state index < -0.39 is 5.97 Å². The van der Waals surface area contributed by atoms with Gasteiger partial charge in [-0.25, -0.2) is 4.79 Å². The van der Waals surface area contributed by atoms with Gasteiger partial charge in [-0.15, -0.1) is 0 Å². The summed E-state index contributed by atoms with van der Waals surface area (Å²) in [7, 11) is 0. The van der Waals surface area contributed by atoms with Gasteiger partial charge in [-0.1, -0.05) is 26.0 Å². The summed E-state index contributed by atoms with van der Waals surface area (Å²) in [4.78, 5) is 11.1. The van der Waals surface area contributed by atoms with E-state index in [1.807, 2.05) is 0 Å². The molecule has 0 bridgehead atoms. The van der Waals surface area contributed by atoms with Crippen LogP contribution in [0.5, 0.6) is 5.75 Å². The molecule has 1 saturated carbocycles. The molecule has 1 N–H and O–H groups in total. The maximum Gasteiger partial charge on any atom is 0.339 e. The van der Waals surface area contributed by atoms with Crippen LogP contribution in [0.15, 0.2) is 24.3 Å². The molecule has 3 atom stereocenters. The molecule has 116 valence electrons. The molecule has 1 fully saturated rings. The maximum absolute atomic E-state index is 11.1. The van der Waals surface area contributed by atoms with E-state index in [4.69, 9.17) is 14.6 Å². The molecular weight excluding hydrogens is 268 g/mol. The second-order valence-corrected chi connectivity index (χ2v) is 5.91. The molecule has 4 heteroatoms. The van der Waals surface area contributed by atoms with Crippen molar-refractivity contribution in [2.24, 2.45) is 11.8 Å². The van der Waals surface area contributed by atoms with Crippen LogP contribution in [-0.2, 0) is 4.74 Å². The third-order valence-corrected chi connectivity index (χ3v) is 4.36. The van der Waals surface area contributed by atoms with Gasteiger partial charge in [0.2, 0.25) is 0 Å². The first-order valence-corrected chi connectivity index (χ1v) is 7.64. The zero-order valence-corrected chi connectivity index (χ0v) is 12.7. The van der Waals surface area contributed by atoms with Gasteiger partial charge >= 0.3 is 5.97 Å². The molecule has 3 unspecified atom stereocenters. The summed E-state index contributed by atoms with van der Waals surface area (Å²) in [6.45, 7) is 5.46. The lowest BCUT2D eigenvalue weighted by Crippen LogP contribution is -2.28. The monoisotopic (exact) mass is 292 g/mol. The van der Waals surface area contributed by atoms with E-state index in [1.165, 1.54) is 6.42 Å². The van der Waals surface area contributed by atoms with Crippen molar-refractivity contribution >= 4 is 5.97 Å². The number of carbonyl (C=O) groups is 1. The van der Waals surface area contributed by atoms with E-state index in [-0.39, 0.29) is 5.56 Å². The van der Waals surface area contributed by atoms with Crippen LogP contribution < -0.4 is 4.74 Å². The van der Waals surface area contributed by atoms with Crippen LogP contribution >= 0.6 is 0 Å². The maximum atomic E-state index is 11.1. The number of carboxylic acid groups (broad SMARTS) is 1. The van der Waals surface area contributed by atoms with E-state index >= 15 is 0 Å². The second-order valence-electron chi connectivity index (χ2n) is 5.91. The number of hydrogen-bond acceptors (Lipinski definition) is 3. The summed E-state index contributed by atoms with van der Waals surface area (Å²) in [6, 6.07) is 6.68. The molecule has 1 aliphatic carbocycles. The van der Waals surface area contributed by atoms with E-state index in [1.54, 1.807) is 24.3 Å². The summed E-state index contributed by atoms with van der Waals surface area (Å²) in [5.74, 6) is 0.918. The van der Waals surface area contributed by atoms with E-state index in [0.717, 1.165) is 18.8 Å². The highest BCUT2D eigenvalue weighted by Gasteiger charge is 2.24. The lowest BCUT2D eigenvalue weighted by atomic mass is 9.80. The van der Waals surface area contributed by atoms with Crippen molar-refractivity contribution in [2.75, 3.05) is 13.2 Å². The molecule has 1 aliphatic rings. The van der Waals surface area contributed by atoms with Crippen LogP contribution in [0.1, 0.15) is 43.5 Å². The van der Waals surface area contributed by atoms with Gasteiger partial charge in [0.05, 0.1) is 12.7 Å². The van der Waals surface area contributed by atoms with Gasteiger partial charge < -0.3 is 14.6 Å². The smallest absolute Gasteiger partial charge is 0.339 e. The molecule has 2 rings (SSSR count). The number of ether oxygens (including phenoxy) is 2. The minimum atomic E-state index is -0.971. The molecule has 0 aromatic heterocycles. The molecule has 1 aromatic rings. The summed E-state index contributed by atoms with van der Waals surface area (Å²) in [6.07, 6.45) is 3.74. The molecule has 0 amide bonds. The average molecular weight is 292 g/mol. The lowest BCUT2D eigenvalue weighted by molar-refractivity contribution is -0.00922. The highest BCUT2D eigenvalue weighted by atomic mass is 16.5. The van der Waals surface area contributed by atoms with Crippen LogP contribution in [0.3, 0.4) is 0 Å². The van der Waals surface area contributed by atoms with Crippen LogP contribution in [-0.4, -0.2) is 30.4 Å². The molecule has 1 aromatic carbocycles. The molecule has 4 nitrogen and oxygen atoms in total. The Morgan fingerprint density at radius 2 is 1.95 bits per heavy atom. The van der Waals surface area contributed by atoms with Crippen molar-refractivity contribution < 1.29 is 19.4 Å². The van der Waals surface area contributed by atoms with Crippen LogP contribution in [0.4, 0.5) is 0 Å². The molecule has 0 spiro atoms. The lowest BCUT2D eigenvalue weighted by Gasteiger charge is -2.31. The van der Waals surface area contributed by atoms with E-state index in [2.05, 4.69) is 13.8 Å². The van der Waals surface area contributed by atoms with Crippen LogP contribution in [0, 0.1) is 11.8 Å². The number of rotatable bonds is 6. The van der Waals surface area contributed by atoms with E-state index in [9.17, 15) is 4.79 Å². The quantitative estimate of drug-likeness (QED) is 0.814. The predicted molar refractivity (Wildman–Crippen MR) is 80.8 cm³/mol. The predicted octanol–water partition coefficient (Wildman–Crippen LogP) is 3.60. The minimum Gasteiger partial charge on any atom is -0.490 e. The molecular formula is C17H24O4. The summed E-state index contributed by atoms with van der Waals surface area (Å²) in [5.41, 5.74) is 0.192. The standard InChI is InChI=1S/C17H24O4/c1-12-7-8-14(11-13(12)2)20-9-10-21-16-6-4-3-5-15(16)17(18)19/h3-6,12-14H,7-11H2,1-2H3,(H,18,19). The Bertz CT molecular complexity index is 472.